The van der Waals surface area contributed by atoms with Crippen LogP contribution >= 0.6 is 0 Å². The van der Waals surface area contributed by atoms with Crippen LogP contribution in [0, 0.1) is 6.92 Å². The van der Waals surface area contributed by atoms with Gasteiger partial charge in [-0.1, -0.05) is 37.0 Å². The van der Waals surface area contributed by atoms with Gasteiger partial charge < -0.3 is 4.74 Å². The summed E-state index contributed by atoms with van der Waals surface area (Å²) in [6.07, 6.45) is -0.0856. The molecule has 0 saturated heterocycles. The molecule has 0 saturated carbocycles. The van der Waals surface area contributed by atoms with Crippen molar-refractivity contribution in [1.29, 1.82) is 0 Å². The van der Waals surface area contributed by atoms with Gasteiger partial charge in [0.15, 0.2) is 0 Å². The molecule has 1 aliphatic heterocycles. The molecule has 16 heavy (non-hydrogen) atoms. The molecule has 86 valence electrons. The maximum absolute atomic E-state index is 11.6. The monoisotopic (exact) mass is 234 g/mol. The Morgan fingerprint density at radius 2 is 1.88 bits per heavy atom. The summed E-state index contributed by atoms with van der Waals surface area (Å²) in [6, 6.07) is 4.33. The normalized spacial score (nSPS) is 19.6. The molecule has 0 fully saturated rings. The number of esters is 1. The maximum Gasteiger partial charge on any atom is 0.339 e. The number of rotatable bonds is 1. The Morgan fingerprint density at radius 1 is 1.25 bits per heavy atom. The highest BCUT2D eigenvalue weighted by molar-refractivity contribution is 6.88. The highest BCUT2D eigenvalue weighted by Gasteiger charge is 2.31. The summed E-state index contributed by atoms with van der Waals surface area (Å²) in [6.45, 7) is 10.9. The topological polar surface area (TPSA) is 26.3 Å². The largest absolute Gasteiger partial charge is 0.454 e. The van der Waals surface area contributed by atoms with E-state index in [9.17, 15) is 4.79 Å². The lowest BCUT2D eigenvalue weighted by atomic mass is 10.0. The van der Waals surface area contributed by atoms with Crippen molar-refractivity contribution >= 4 is 19.2 Å². The minimum absolute atomic E-state index is 0.0856. The summed E-state index contributed by atoms with van der Waals surface area (Å²) in [5, 5.41) is 1.40. The Hall–Kier alpha value is -1.09. The van der Waals surface area contributed by atoms with Crippen molar-refractivity contribution in [3.63, 3.8) is 0 Å². The summed E-state index contributed by atoms with van der Waals surface area (Å²) < 4.78 is 5.26. The number of aryl methyl sites for hydroxylation is 1. The van der Waals surface area contributed by atoms with Crippen LogP contribution in [0.3, 0.4) is 0 Å². The van der Waals surface area contributed by atoms with Crippen LogP contribution in [0.4, 0.5) is 0 Å². The number of carbonyl (C=O) groups excluding carboxylic acids is 1. The van der Waals surface area contributed by atoms with Gasteiger partial charge in [-0.15, -0.1) is 0 Å². The van der Waals surface area contributed by atoms with Gasteiger partial charge in [-0.05, 0) is 19.4 Å². The second-order valence-electron chi connectivity index (χ2n) is 5.55. The molecule has 1 heterocycles. The second-order valence-corrected chi connectivity index (χ2v) is 10.6. The van der Waals surface area contributed by atoms with Gasteiger partial charge in [0.1, 0.15) is 6.10 Å². The predicted molar refractivity (Wildman–Crippen MR) is 68.0 cm³/mol. The fourth-order valence-electron chi connectivity index (χ4n) is 2.13. The van der Waals surface area contributed by atoms with Crippen LogP contribution in [0.2, 0.25) is 19.6 Å². The molecule has 0 spiro atoms. The molecule has 1 unspecified atom stereocenters. The fourth-order valence-corrected chi connectivity index (χ4v) is 3.37. The summed E-state index contributed by atoms with van der Waals surface area (Å²) >= 11 is 0. The Labute approximate surface area is 97.6 Å². The van der Waals surface area contributed by atoms with E-state index in [1.54, 1.807) is 0 Å². The minimum atomic E-state index is -1.33. The van der Waals surface area contributed by atoms with E-state index in [2.05, 4.69) is 31.8 Å². The molecule has 1 aromatic carbocycles. The molecule has 1 aromatic rings. The average molecular weight is 234 g/mol. The van der Waals surface area contributed by atoms with E-state index < -0.39 is 8.07 Å². The Morgan fingerprint density at radius 3 is 2.44 bits per heavy atom. The zero-order valence-electron chi connectivity index (χ0n) is 10.5. The smallest absolute Gasteiger partial charge is 0.339 e. The summed E-state index contributed by atoms with van der Waals surface area (Å²) in [4.78, 5) is 11.6. The highest BCUT2D eigenvalue weighted by atomic mass is 28.3. The van der Waals surface area contributed by atoms with Crippen LogP contribution in [-0.2, 0) is 4.74 Å². The fraction of sp³-hybridized carbons (Fsp3) is 0.462. The lowest BCUT2D eigenvalue weighted by Crippen LogP contribution is -2.38. The molecule has 0 N–H and O–H groups in total. The van der Waals surface area contributed by atoms with E-state index in [4.69, 9.17) is 4.74 Å². The van der Waals surface area contributed by atoms with Crippen molar-refractivity contribution in [3.05, 3.63) is 28.8 Å². The molecule has 2 nitrogen and oxygen atoms in total. The van der Waals surface area contributed by atoms with Crippen molar-refractivity contribution in [2.75, 3.05) is 0 Å². The lowest BCUT2D eigenvalue weighted by molar-refractivity contribution is 0.0421. The standard InChI is InChI=1S/C13H18O2Si/c1-8-6-10(16(3,4)5)7-11-9(2)15-13(14)12(8)11/h6-7,9H,1-5H3. The van der Waals surface area contributed by atoms with Crippen molar-refractivity contribution < 1.29 is 9.53 Å². The van der Waals surface area contributed by atoms with E-state index in [-0.39, 0.29) is 12.1 Å². The molecule has 2 rings (SSSR count). The molecular formula is C13H18O2Si. The van der Waals surface area contributed by atoms with Crippen LogP contribution in [0.5, 0.6) is 0 Å². The van der Waals surface area contributed by atoms with Gasteiger partial charge in [0.25, 0.3) is 0 Å². The Balaban J connectivity index is 2.63. The number of carbonyl (C=O) groups is 1. The Bertz CT molecular complexity index is 458. The molecule has 0 aromatic heterocycles. The maximum atomic E-state index is 11.6. The van der Waals surface area contributed by atoms with Crippen molar-refractivity contribution in [3.8, 4) is 0 Å². The number of hydrogen-bond acceptors (Lipinski definition) is 2. The quantitative estimate of drug-likeness (QED) is 0.552. The number of cyclic esters (lactones) is 1. The minimum Gasteiger partial charge on any atom is -0.454 e. The molecule has 0 bridgehead atoms. The molecule has 1 aliphatic rings. The van der Waals surface area contributed by atoms with Crippen molar-refractivity contribution in [1.82, 2.24) is 0 Å². The third-order valence-electron chi connectivity index (χ3n) is 3.16. The zero-order chi connectivity index (χ0) is 12.1. The van der Waals surface area contributed by atoms with Crippen LogP contribution < -0.4 is 5.19 Å². The van der Waals surface area contributed by atoms with Gasteiger partial charge in [0.2, 0.25) is 0 Å². The van der Waals surface area contributed by atoms with Crippen LogP contribution in [0.25, 0.3) is 0 Å². The predicted octanol–water partition coefficient (Wildman–Crippen LogP) is 2.77. The van der Waals surface area contributed by atoms with E-state index >= 15 is 0 Å². The first kappa shape index (κ1) is 11.4. The number of ether oxygens (including phenoxy) is 1. The highest BCUT2D eigenvalue weighted by Crippen LogP contribution is 2.31. The first-order valence-electron chi connectivity index (χ1n) is 5.66. The summed E-state index contributed by atoms with van der Waals surface area (Å²) in [5.74, 6) is -0.165. The van der Waals surface area contributed by atoms with Crippen molar-refractivity contribution in [2.45, 2.75) is 39.6 Å². The van der Waals surface area contributed by atoms with E-state index in [0.29, 0.717) is 0 Å². The van der Waals surface area contributed by atoms with Gasteiger partial charge >= 0.3 is 5.97 Å². The van der Waals surface area contributed by atoms with E-state index in [0.717, 1.165) is 16.7 Å². The van der Waals surface area contributed by atoms with Crippen LogP contribution in [0.15, 0.2) is 12.1 Å². The summed E-state index contributed by atoms with van der Waals surface area (Å²) in [5.41, 5.74) is 2.92. The Kier molecular flexibility index (Phi) is 2.46. The first-order chi connectivity index (χ1) is 7.30. The van der Waals surface area contributed by atoms with Crippen LogP contribution in [-0.4, -0.2) is 14.0 Å². The van der Waals surface area contributed by atoms with Crippen LogP contribution in [0.1, 0.15) is 34.5 Å². The van der Waals surface area contributed by atoms with Gasteiger partial charge in [-0.25, -0.2) is 4.79 Å². The molecule has 0 radical (unpaired) electrons. The zero-order valence-corrected chi connectivity index (χ0v) is 11.5. The molecule has 1 atom stereocenters. The average Bonchev–Trinajstić information content (AvgIpc) is 2.41. The molecule has 0 amide bonds. The van der Waals surface area contributed by atoms with Gasteiger partial charge in [0, 0.05) is 5.56 Å². The SMILES string of the molecule is Cc1cc([Si](C)(C)C)cc2c1C(=O)OC2C. The second kappa shape index (κ2) is 3.45. The van der Waals surface area contributed by atoms with Gasteiger partial charge in [-0.3, -0.25) is 0 Å². The molecule has 0 aliphatic carbocycles. The lowest BCUT2D eigenvalue weighted by Gasteiger charge is -2.19. The summed E-state index contributed by atoms with van der Waals surface area (Å²) in [7, 11) is -1.33. The van der Waals surface area contributed by atoms with E-state index in [1.807, 2.05) is 13.8 Å². The van der Waals surface area contributed by atoms with Gasteiger partial charge in [0.05, 0.1) is 13.6 Å². The molecular weight excluding hydrogens is 216 g/mol. The molecule has 3 heteroatoms. The van der Waals surface area contributed by atoms with Gasteiger partial charge in [-0.2, -0.15) is 0 Å². The van der Waals surface area contributed by atoms with E-state index in [1.165, 1.54) is 5.19 Å². The third kappa shape index (κ3) is 1.69. The third-order valence-corrected chi connectivity index (χ3v) is 5.18. The number of benzene rings is 1. The number of fused-ring (bicyclic) bond motifs is 1. The first-order valence-corrected chi connectivity index (χ1v) is 9.16. The van der Waals surface area contributed by atoms with Crippen molar-refractivity contribution in [2.24, 2.45) is 0 Å². The number of hydrogen-bond donors (Lipinski definition) is 0.